The van der Waals surface area contributed by atoms with Gasteiger partial charge in [-0.2, -0.15) is 0 Å². The van der Waals surface area contributed by atoms with Crippen LogP contribution in [-0.4, -0.2) is 17.5 Å². The van der Waals surface area contributed by atoms with Gasteiger partial charge in [0.1, 0.15) is 0 Å². The topological polar surface area (TPSA) is 37.3 Å². The summed E-state index contributed by atoms with van der Waals surface area (Å²) in [6.45, 7) is 1.07. The average molecular weight is 135 g/mol. The lowest BCUT2D eigenvalue weighted by atomic mass is 10.2. The molecule has 0 aliphatic carbocycles. The number of aliphatic hydroxyl groups is 1. The Morgan fingerprint density at radius 2 is 2.38 bits per heavy atom. The molecule has 0 rings (SSSR count). The SMILES string of the molecule is CC(=O)C(=CCl)CO. The Bertz CT molecular complexity index is 118. The first kappa shape index (κ1) is 7.66. The van der Waals surface area contributed by atoms with Crippen molar-refractivity contribution in [2.75, 3.05) is 6.61 Å². The Morgan fingerprint density at radius 1 is 1.88 bits per heavy atom. The molecular weight excluding hydrogens is 128 g/mol. The molecule has 0 aromatic heterocycles. The summed E-state index contributed by atoms with van der Waals surface area (Å²) >= 11 is 5.12. The second-order valence-electron chi connectivity index (χ2n) is 1.35. The van der Waals surface area contributed by atoms with Crippen LogP contribution in [-0.2, 0) is 4.79 Å². The minimum atomic E-state index is -0.279. The molecule has 0 aromatic carbocycles. The van der Waals surface area contributed by atoms with E-state index in [-0.39, 0.29) is 18.0 Å². The second-order valence-corrected chi connectivity index (χ2v) is 1.57. The van der Waals surface area contributed by atoms with Gasteiger partial charge in [0.25, 0.3) is 0 Å². The molecule has 0 heterocycles. The first-order valence-electron chi connectivity index (χ1n) is 2.13. The van der Waals surface area contributed by atoms with Crippen LogP contribution >= 0.6 is 11.6 Å². The molecular formula is C5H7ClO2. The molecule has 0 saturated heterocycles. The highest BCUT2D eigenvalue weighted by molar-refractivity contribution is 6.27. The van der Waals surface area contributed by atoms with Crippen LogP contribution in [0.15, 0.2) is 11.1 Å². The van der Waals surface area contributed by atoms with E-state index in [9.17, 15) is 4.79 Å². The molecule has 0 radical (unpaired) electrons. The zero-order valence-corrected chi connectivity index (χ0v) is 5.27. The molecule has 8 heavy (non-hydrogen) atoms. The van der Waals surface area contributed by atoms with Crippen molar-refractivity contribution in [1.29, 1.82) is 0 Å². The Hall–Kier alpha value is -0.340. The number of carbonyl (C=O) groups excluding carboxylic acids is 1. The van der Waals surface area contributed by atoms with Gasteiger partial charge in [0, 0.05) is 11.1 Å². The van der Waals surface area contributed by atoms with Crippen LogP contribution in [0.25, 0.3) is 0 Å². The van der Waals surface area contributed by atoms with Gasteiger partial charge in [0.2, 0.25) is 0 Å². The van der Waals surface area contributed by atoms with E-state index in [1.54, 1.807) is 0 Å². The van der Waals surface area contributed by atoms with E-state index in [1.807, 2.05) is 0 Å². The third-order valence-corrected chi connectivity index (χ3v) is 1.02. The third kappa shape index (κ3) is 2.09. The molecule has 0 aliphatic heterocycles. The van der Waals surface area contributed by atoms with Gasteiger partial charge >= 0.3 is 0 Å². The maximum atomic E-state index is 10.3. The summed E-state index contributed by atoms with van der Waals surface area (Å²) in [6, 6.07) is 0. The van der Waals surface area contributed by atoms with Crippen LogP contribution in [0.5, 0.6) is 0 Å². The Labute approximate surface area is 52.8 Å². The van der Waals surface area contributed by atoms with E-state index in [4.69, 9.17) is 16.7 Å². The number of aliphatic hydroxyl groups excluding tert-OH is 1. The van der Waals surface area contributed by atoms with Crippen LogP contribution in [0.3, 0.4) is 0 Å². The number of ketones is 1. The molecule has 0 saturated carbocycles. The first-order valence-corrected chi connectivity index (χ1v) is 2.57. The number of Topliss-reactive ketones (excluding diaryl/α,β-unsaturated/α-hetero) is 1. The van der Waals surface area contributed by atoms with Gasteiger partial charge in [-0.15, -0.1) is 0 Å². The van der Waals surface area contributed by atoms with Gasteiger partial charge in [0.05, 0.1) is 6.61 Å². The van der Waals surface area contributed by atoms with Gasteiger partial charge in [-0.1, -0.05) is 11.6 Å². The van der Waals surface area contributed by atoms with Crippen LogP contribution in [0, 0.1) is 0 Å². The van der Waals surface area contributed by atoms with Crippen molar-refractivity contribution in [1.82, 2.24) is 0 Å². The van der Waals surface area contributed by atoms with Gasteiger partial charge in [-0.25, -0.2) is 0 Å². The summed E-state index contributed by atoms with van der Waals surface area (Å²) in [5.74, 6) is -0.192. The molecule has 2 nitrogen and oxygen atoms in total. The molecule has 0 bridgehead atoms. The van der Waals surface area contributed by atoms with Gasteiger partial charge in [-0.3, -0.25) is 4.79 Å². The van der Waals surface area contributed by atoms with E-state index in [1.165, 1.54) is 6.92 Å². The average Bonchev–Trinajstić information content (AvgIpc) is 1.69. The number of rotatable bonds is 2. The summed E-state index contributed by atoms with van der Waals surface area (Å²) in [5.41, 5.74) is 1.33. The Kier molecular flexibility index (Phi) is 3.48. The van der Waals surface area contributed by atoms with Crippen LogP contribution in [0.2, 0.25) is 0 Å². The smallest absolute Gasteiger partial charge is 0.158 e. The highest BCUT2D eigenvalue weighted by Crippen LogP contribution is 1.95. The molecule has 46 valence electrons. The van der Waals surface area contributed by atoms with Crippen molar-refractivity contribution in [2.45, 2.75) is 6.92 Å². The number of carbonyl (C=O) groups is 1. The van der Waals surface area contributed by atoms with Crippen molar-refractivity contribution in [3.8, 4) is 0 Å². The predicted molar refractivity (Wildman–Crippen MR) is 31.7 cm³/mol. The van der Waals surface area contributed by atoms with Gasteiger partial charge < -0.3 is 5.11 Å². The fourth-order valence-corrected chi connectivity index (χ4v) is 0.445. The largest absolute Gasteiger partial charge is 0.392 e. The number of hydrogen-bond acceptors (Lipinski definition) is 2. The molecule has 0 fully saturated rings. The first-order chi connectivity index (χ1) is 3.72. The quantitative estimate of drug-likeness (QED) is 0.565. The predicted octanol–water partition coefficient (Wildman–Crippen LogP) is 0.690. The molecule has 0 atom stereocenters. The van der Waals surface area contributed by atoms with Gasteiger partial charge in [-0.05, 0) is 6.92 Å². The van der Waals surface area contributed by atoms with E-state index >= 15 is 0 Å². The van der Waals surface area contributed by atoms with E-state index < -0.39 is 0 Å². The van der Waals surface area contributed by atoms with Crippen molar-refractivity contribution in [3.63, 3.8) is 0 Å². The van der Waals surface area contributed by atoms with Crippen molar-refractivity contribution >= 4 is 17.4 Å². The zero-order valence-electron chi connectivity index (χ0n) is 4.52. The lowest BCUT2D eigenvalue weighted by Gasteiger charge is -1.90. The standard InChI is InChI=1S/C5H7ClO2/c1-4(8)5(2-6)3-7/h2,7H,3H2,1H3. The molecule has 0 amide bonds. The normalized spacial score (nSPS) is 11.6. The maximum absolute atomic E-state index is 10.3. The van der Waals surface area contributed by atoms with E-state index in [0.717, 1.165) is 5.54 Å². The molecule has 0 spiro atoms. The van der Waals surface area contributed by atoms with Crippen LogP contribution in [0.4, 0.5) is 0 Å². The highest BCUT2D eigenvalue weighted by Gasteiger charge is 1.97. The van der Waals surface area contributed by atoms with Gasteiger partial charge in [0.15, 0.2) is 5.78 Å². The van der Waals surface area contributed by atoms with E-state index in [0.29, 0.717) is 0 Å². The third-order valence-electron chi connectivity index (χ3n) is 0.754. The zero-order chi connectivity index (χ0) is 6.57. The number of halogens is 1. The molecule has 0 unspecified atom stereocenters. The summed E-state index contributed by atoms with van der Waals surface area (Å²) < 4.78 is 0. The summed E-state index contributed by atoms with van der Waals surface area (Å²) in [5, 5.41) is 8.32. The molecule has 1 N–H and O–H groups in total. The minimum absolute atomic E-state index is 0.192. The molecule has 0 aromatic rings. The van der Waals surface area contributed by atoms with E-state index in [2.05, 4.69) is 0 Å². The lowest BCUT2D eigenvalue weighted by molar-refractivity contribution is -0.113. The monoisotopic (exact) mass is 134 g/mol. The van der Waals surface area contributed by atoms with Crippen molar-refractivity contribution < 1.29 is 9.90 Å². The van der Waals surface area contributed by atoms with Crippen LogP contribution in [0.1, 0.15) is 6.92 Å². The number of hydrogen-bond donors (Lipinski definition) is 1. The summed E-state index contributed by atoms with van der Waals surface area (Å²) in [4.78, 5) is 10.3. The maximum Gasteiger partial charge on any atom is 0.158 e. The van der Waals surface area contributed by atoms with Crippen molar-refractivity contribution in [2.24, 2.45) is 0 Å². The Morgan fingerprint density at radius 3 is 2.38 bits per heavy atom. The molecule has 0 aliphatic rings. The summed E-state index contributed by atoms with van der Waals surface area (Å²) in [7, 11) is 0. The second kappa shape index (κ2) is 3.64. The lowest BCUT2D eigenvalue weighted by Crippen LogP contribution is -1.99. The molecule has 3 heteroatoms. The van der Waals surface area contributed by atoms with Crippen LogP contribution < -0.4 is 0 Å². The minimum Gasteiger partial charge on any atom is -0.392 e. The summed E-state index contributed by atoms with van der Waals surface area (Å²) in [6.07, 6.45) is 0. The fourth-order valence-electron chi connectivity index (χ4n) is 0.223. The van der Waals surface area contributed by atoms with Crippen molar-refractivity contribution in [3.05, 3.63) is 11.1 Å². The Balaban J connectivity index is 3.92. The fraction of sp³-hybridized carbons (Fsp3) is 0.400. The highest BCUT2D eigenvalue weighted by atomic mass is 35.5.